The molecule has 0 bridgehead atoms. The molecule has 168 valence electrons. The highest BCUT2D eigenvalue weighted by Crippen LogP contribution is 2.21. The second-order valence-electron chi connectivity index (χ2n) is 8.44. The van der Waals surface area contributed by atoms with Gasteiger partial charge in [0.25, 0.3) is 0 Å². The molecule has 2 rings (SSSR count). The molecule has 4 nitrogen and oxygen atoms in total. The zero-order valence-electron chi connectivity index (χ0n) is 18.9. The standard InChI is InChI=1S/C26H41NO3/c1-2-3-4-5-6-7-8-9-10-11-12-13-14-19-26(29)30-22-27-20-23(21-28)24-17-15-16-18-25(24)27/h15-18,20,28H,2-14,19,21-22H2,1H3. The molecule has 30 heavy (non-hydrogen) atoms. The van der Waals surface area contributed by atoms with Crippen LogP contribution in [0.4, 0.5) is 0 Å². The summed E-state index contributed by atoms with van der Waals surface area (Å²) in [5.41, 5.74) is 1.84. The quantitative estimate of drug-likeness (QED) is 0.221. The summed E-state index contributed by atoms with van der Waals surface area (Å²) in [6, 6.07) is 7.86. The zero-order chi connectivity index (χ0) is 21.4. The third-order valence-electron chi connectivity index (χ3n) is 5.89. The molecular formula is C26H41NO3. The molecule has 0 saturated carbocycles. The van der Waals surface area contributed by atoms with Gasteiger partial charge in [-0.15, -0.1) is 0 Å². The van der Waals surface area contributed by atoms with Crippen LogP contribution < -0.4 is 0 Å². The lowest BCUT2D eigenvalue weighted by molar-refractivity contribution is -0.147. The topological polar surface area (TPSA) is 51.5 Å². The van der Waals surface area contributed by atoms with Crippen molar-refractivity contribution >= 4 is 16.9 Å². The van der Waals surface area contributed by atoms with E-state index in [0.29, 0.717) is 6.42 Å². The Balaban J connectivity index is 1.48. The van der Waals surface area contributed by atoms with Crippen LogP contribution in [0.25, 0.3) is 10.9 Å². The summed E-state index contributed by atoms with van der Waals surface area (Å²) >= 11 is 0. The molecule has 0 unspecified atom stereocenters. The van der Waals surface area contributed by atoms with Gasteiger partial charge in [-0.05, 0) is 12.5 Å². The van der Waals surface area contributed by atoms with Crippen LogP contribution >= 0.6 is 0 Å². The maximum absolute atomic E-state index is 12.0. The van der Waals surface area contributed by atoms with Crippen LogP contribution in [-0.4, -0.2) is 15.6 Å². The molecule has 0 amide bonds. The highest BCUT2D eigenvalue weighted by atomic mass is 16.5. The number of carbonyl (C=O) groups excluding carboxylic acids is 1. The molecule has 0 fully saturated rings. The third kappa shape index (κ3) is 8.91. The van der Waals surface area contributed by atoms with Gasteiger partial charge in [-0.2, -0.15) is 0 Å². The van der Waals surface area contributed by atoms with Gasteiger partial charge in [0.15, 0.2) is 6.73 Å². The molecule has 1 N–H and O–H groups in total. The highest BCUT2D eigenvalue weighted by Gasteiger charge is 2.09. The molecule has 4 heteroatoms. The van der Waals surface area contributed by atoms with Crippen molar-refractivity contribution in [3.05, 3.63) is 36.0 Å². The predicted molar refractivity (Wildman–Crippen MR) is 124 cm³/mol. The molecule has 0 aliphatic heterocycles. The van der Waals surface area contributed by atoms with E-state index < -0.39 is 0 Å². The van der Waals surface area contributed by atoms with Gasteiger partial charge < -0.3 is 14.4 Å². The minimum Gasteiger partial charge on any atom is -0.444 e. The van der Waals surface area contributed by atoms with Crippen LogP contribution in [0.1, 0.15) is 102 Å². The van der Waals surface area contributed by atoms with E-state index in [4.69, 9.17) is 4.74 Å². The van der Waals surface area contributed by atoms with Crippen molar-refractivity contribution in [2.75, 3.05) is 0 Å². The summed E-state index contributed by atoms with van der Waals surface area (Å²) in [7, 11) is 0. The van der Waals surface area contributed by atoms with Crippen molar-refractivity contribution < 1.29 is 14.6 Å². The number of aliphatic hydroxyl groups is 1. The minimum absolute atomic E-state index is 0.0135. The third-order valence-corrected chi connectivity index (χ3v) is 5.89. The Labute approximate surface area is 182 Å². The van der Waals surface area contributed by atoms with Crippen molar-refractivity contribution in [1.29, 1.82) is 0 Å². The largest absolute Gasteiger partial charge is 0.444 e. The fraction of sp³-hybridized carbons (Fsp3) is 0.654. The van der Waals surface area contributed by atoms with Gasteiger partial charge in [-0.25, -0.2) is 0 Å². The van der Waals surface area contributed by atoms with Crippen LogP contribution in [0.2, 0.25) is 0 Å². The molecule has 0 aliphatic rings. The number of unbranched alkanes of at least 4 members (excludes halogenated alkanes) is 12. The Morgan fingerprint density at radius 1 is 0.867 bits per heavy atom. The van der Waals surface area contributed by atoms with E-state index in [0.717, 1.165) is 29.3 Å². The average molecular weight is 416 g/mol. The van der Waals surface area contributed by atoms with Crippen molar-refractivity contribution in [3.8, 4) is 0 Å². The van der Waals surface area contributed by atoms with Gasteiger partial charge in [0, 0.05) is 23.6 Å². The molecule has 0 saturated heterocycles. The van der Waals surface area contributed by atoms with E-state index in [1.807, 2.05) is 35.0 Å². The fourth-order valence-electron chi connectivity index (χ4n) is 4.06. The normalized spacial score (nSPS) is 11.3. The Morgan fingerprint density at radius 2 is 1.43 bits per heavy atom. The first-order valence-corrected chi connectivity index (χ1v) is 12.1. The van der Waals surface area contributed by atoms with Crippen LogP contribution in [0.5, 0.6) is 0 Å². The predicted octanol–water partition coefficient (Wildman–Crippen LogP) is 7.12. The molecule has 0 aliphatic carbocycles. The summed E-state index contributed by atoms with van der Waals surface area (Å²) in [6.45, 7) is 2.46. The Kier molecular flexibility index (Phi) is 12.3. The molecule has 2 aromatic rings. The van der Waals surface area contributed by atoms with Crippen LogP contribution in [-0.2, 0) is 22.9 Å². The van der Waals surface area contributed by atoms with E-state index >= 15 is 0 Å². The van der Waals surface area contributed by atoms with Gasteiger partial charge in [-0.3, -0.25) is 4.79 Å². The average Bonchev–Trinajstić information content (AvgIpc) is 3.13. The fourth-order valence-corrected chi connectivity index (χ4v) is 4.06. The SMILES string of the molecule is CCCCCCCCCCCCCCCC(=O)OCn1cc(CO)c2ccccc21. The number of rotatable bonds is 17. The number of aromatic nitrogens is 1. The number of benzene rings is 1. The molecule has 0 spiro atoms. The van der Waals surface area contributed by atoms with E-state index in [9.17, 15) is 9.90 Å². The number of aliphatic hydroxyl groups excluding tert-OH is 1. The maximum Gasteiger partial charge on any atom is 0.307 e. The number of hydrogen-bond acceptors (Lipinski definition) is 3. The second-order valence-corrected chi connectivity index (χ2v) is 8.44. The molecule has 1 aromatic heterocycles. The van der Waals surface area contributed by atoms with E-state index in [-0.39, 0.29) is 19.3 Å². The van der Waals surface area contributed by atoms with E-state index in [1.54, 1.807) is 0 Å². The minimum atomic E-state index is -0.138. The molecule has 0 atom stereocenters. The van der Waals surface area contributed by atoms with Gasteiger partial charge in [0.2, 0.25) is 0 Å². The number of fused-ring (bicyclic) bond motifs is 1. The van der Waals surface area contributed by atoms with Crippen molar-refractivity contribution in [1.82, 2.24) is 4.57 Å². The number of ether oxygens (including phenoxy) is 1. The lowest BCUT2D eigenvalue weighted by atomic mass is 10.0. The van der Waals surface area contributed by atoms with Gasteiger partial charge >= 0.3 is 5.97 Å². The summed E-state index contributed by atoms with van der Waals surface area (Å²) < 4.78 is 7.33. The summed E-state index contributed by atoms with van der Waals surface area (Å²) in [6.07, 6.45) is 19.3. The first-order valence-electron chi connectivity index (χ1n) is 12.1. The monoisotopic (exact) mass is 415 g/mol. The lowest BCUT2D eigenvalue weighted by Crippen LogP contribution is -2.08. The van der Waals surface area contributed by atoms with Gasteiger partial charge in [0.1, 0.15) is 0 Å². The van der Waals surface area contributed by atoms with Crippen LogP contribution in [0.3, 0.4) is 0 Å². The van der Waals surface area contributed by atoms with E-state index in [2.05, 4.69) is 6.92 Å². The number of carbonyl (C=O) groups is 1. The summed E-state index contributed by atoms with van der Waals surface area (Å²) in [4.78, 5) is 12.0. The second kappa shape index (κ2) is 15.1. The maximum atomic E-state index is 12.0. The van der Waals surface area contributed by atoms with E-state index in [1.165, 1.54) is 70.6 Å². The highest BCUT2D eigenvalue weighted by molar-refractivity contribution is 5.83. The van der Waals surface area contributed by atoms with Gasteiger partial charge in [-0.1, -0.05) is 102 Å². The van der Waals surface area contributed by atoms with Crippen LogP contribution in [0, 0.1) is 0 Å². The number of nitrogens with zero attached hydrogens (tertiary/aromatic N) is 1. The van der Waals surface area contributed by atoms with Crippen molar-refractivity contribution in [2.45, 2.75) is 110 Å². The Bertz CT molecular complexity index is 722. The molecular weight excluding hydrogens is 374 g/mol. The first kappa shape index (κ1) is 24.5. The number of esters is 1. The Hall–Kier alpha value is -1.81. The first-order chi connectivity index (χ1) is 14.8. The van der Waals surface area contributed by atoms with Gasteiger partial charge in [0.05, 0.1) is 12.1 Å². The van der Waals surface area contributed by atoms with Crippen molar-refractivity contribution in [3.63, 3.8) is 0 Å². The number of para-hydroxylation sites is 1. The van der Waals surface area contributed by atoms with Crippen LogP contribution in [0.15, 0.2) is 30.5 Å². The smallest absolute Gasteiger partial charge is 0.307 e. The van der Waals surface area contributed by atoms with Crippen molar-refractivity contribution in [2.24, 2.45) is 0 Å². The zero-order valence-corrected chi connectivity index (χ0v) is 18.9. The lowest BCUT2D eigenvalue weighted by Gasteiger charge is -2.07. The number of hydrogen-bond donors (Lipinski definition) is 1. The molecule has 0 radical (unpaired) electrons. The molecule has 1 heterocycles. The Morgan fingerprint density at radius 3 is 2.03 bits per heavy atom. The molecule has 1 aromatic carbocycles. The summed E-state index contributed by atoms with van der Waals surface area (Å²) in [5.74, 6) is -0.138. The summed E-state index contributed by atoms with van der Waals surface area (Å²) in [5, 5.41) is 10.5.